The Morgan fingerprint density at radius 1 is 1.31 bits per heavy atom. The lowest BCUT2D eigenvalue weighted by Gasteiger charge is -2.29. The second-order valence-electron chi connectivity index (χ2n) is 4.63. The van der Waals surface area contributed by atoms with Crippen molar-refractivity contribution in [2.45, 2.75) is 38.6 Å². The van der Waals surface area contributed by atoms with E-state index in [-0.39, 0.29) is 5.91 Å². The largest absolute Gasteiger partial charge is 0.356 e. The molecule has 4 nitrogen and oxygen atoms in total. The van der Waals surface area contributed by atoms with Gasteiger partial charge < -0.3 is 15.5 Å². The molecule has 0 aromatic rings. The van der Waals surface area contributed by atoms with Gasteiger partial charge >= 0.3 is 0 Å². The third-order valence-corrected chi connectivity index (χ3v) is 3.08. The second-order valence-corrected chi connectivity index (χ2v) is 4.63. The number of amides is 1. The SMILES string of the molecule is CCCNC(=O)CCNC1CCN(C)CC1. The van der Waals surface area contributed by atoms with Crippen LogP contribution in [0.3, 0.4) is 0 Å². The highest BCUT2D eigenvalue weighted by molar-refractivity contribution is 5.75. The van der Waals surface area contributed by atoms with Crippen LogP contribution in [0.1, 0.15) is 32.6 Å². The van der Waals surface area contributed by atoms with Crippen molar-refractivity contribution in [2.75, 3.05) is 33.2 Å². The number of likely N-dealkylation sites (tertiary alicyclic amines) is 1. The van der Waals surface area contributed by atoms with Crippen molar-refractivity contribution >= 4 is 5.91 Å². The van der Waals surface area contributed by atoms with Gasteiger partial charge in [0.1, 0.15) is 0 Å². The van der Waals surface area contributed by atoms with Gasteiger partial charge in [-0.05, 0) is 39.4 Å². The second kappa shape index (κ2) is 7.63. The number of hydrogen-bond acceptors (Lipinski definition) is 3. The molecule has 1 fully saturated rings. The quantitative estimate of drug-likeness (QED) is 0.698. The molecule has 0 aromatic carbocycles. The Morgan fingerprint density at radius 3 is 2.62 bits per heavy atom. The number of nitrogens with zero attached hydrogens (tertiary/aromatic N) is 1. The van der Waals surface area contributed by atoms with Crippen LogP contribution in [0.15, 0.2) is 0 Å². The molecule has 1 heterocycles. The monoisotopic (exact) mass is 227 g/mol. The van der Waals surface area contributed by atoms with E-state index in [9.17, 15) is 4.79 Å². The van der Waals surface area contributed by atoms with Crippen LogP contribution in [0.5, 0.6) is 0 Å². The molecule has 0 unspecified atom stereocenters. The summed E-state index contributed by atoms with van der Waals surface area (Å²) in [6.45, 7) is 6.01. The van der Waals surface area contributed by atoms with Crippen molar-refractivity contribution in [3.63, 3.8) is 0 Å². The Morgan fingerprint density at radius 2 is 2.00 bits per heavy atom. The molecule has 0 aromatic heterocycles. The molecular formula is C12H25N3O. The molecule has 4 heteroatoms. The summed E-state index contributed by atoms with van der Waals surface area (Å²) in [4.78, 5) is 13.7. The van der Waals surface area contributed by atoms with E-state index in [4.69, 9.17) is 0 Å². The zero-order valence-corrected chi connectivity index (χ0v) is 10.6. The van der Waals surface area contributed by atoms with Gasteiger partial charge in [-0.3, -0.25) is 4.79 Å². The fraction of sp³-hybridized carbons (Fsp3) is 0.917. The highest BCUT2D eigenvalue weighted by atomic mass is 16.1. The Balaban J connectivity index is 2.00. The summed E-state index contributed by atoms with van der Waals surface area (Å²) in [7, 11) is 2.16. The summed E-state index contributed by atoms with van der Waals surface area (Å²) in [5.74, 6) is 0.169. The molecule has 0 spiro atoms. The molecule has 1 amide bonds. The van der Waals surface area contributed by atoms with Gasteiger partial charge in [0, 0.05) is 25.6 Å². The van der Waals surface area contributed by atoms with E-state index >= 15 is 0 Å². The fourth-order valence-electron chi connectivity index (χ4n) is 1.96. The maximum atomic E-state index is 11.3. The first-order valence-corrected chi connectivity index (χ1v) is 6.41. The number of carbonyl (C=O) groups is 1. The maximum Gasteiger partial charge on any atom is 0.221 e. The van der Waals surface area contributed by atoms with E-state index in [1.165, 1.54) is 25.9 Å². The first-order valence-electron chi connectivity index (χ1n) is 6.41. The van der Waals surface area contributed by atoms with E-state index in [0.717, 1.165) is 19.5 Å². The molecule has 0 atom stereocenters. The van der Waals surface area contributed by atoms with Gasteiger partial charge in [0.05, 0.1) is 0 Å². The summed E-state index contributed by atoms with van der Waals surface area (Å²) < 4.78 is 0. The molecule has 0 radical (unpaired) electrons. The van der Waals surface area contributed by atoms with Crippen molar-refractivity contribution in [3.8, 4) is 0 Å². The number of nitrogens with one attached hydrogen (secondary N) is 2. The zero-order valence-electron chi connectivity index (χ0n) is 10.6. The van der Waals surface area contributed by atoms with Crippen LogP contribution in [-0.4, -0.2) is 50.1 Å². The van der Waals surface area contributed by atoms with Crippen molar-refractivity contribution in [2.24, 2.45) is 0 Å². The van der Waals surface area contributed by atoms with Crippen LogP contribution >= 0.6 is 0 Å². The van der Waals surface area contributed by atoms with Crippen molar-refractivity contribution < 1.29 is 4.79 Å². The maximum absolute atomic E-state index is 11.3. The average Bonchev–Trinajstić information content (AvgIpc) is 2.29. The Labute approximate surface area is 98.8 Å². The number of piperidine rings is 1. The highest BCUT2D eigenvalue weighted by Gasteiger charge is 2.15. The van der Waals surface area contributed by atoms with Gasteiger partial charge in [-0.2, -0.15) is 0 Å². The molecule has 1 aliphatic heterocycles. The van der Waals surface area contributed by atoms with Crippen LogP contribution in [-0.2, 0) is 4.79 Å². The summed E-state index contributed by atoms with van der Waals surface area (Å²) in [5, 5.41) is 6.35. The molecule has 1 aliphatic rings. The van der Waals surface area contributed by atoms with E-state index in [1.54, 1.807) is 0 Å². The molecule has 94 valence electrons. The molecular weight excluding hydrogens is 202 g/mol. The van der Waals surface area contributed by atoms with Crippen LogP contribution in [0.25, 0.3) is 0 Å². The van der Waals surface area contributed by atoms with Gasteiger partial charge in [-0.15, -0.1) is 0 Å². The van der Waals surface area contributed by atoms with E-state index in [2.05, 4.69) is 29.5 Å². The van der Waals surface area contributed by atoms with Gasteiger partial charge in [0.2, 0.25) is 5.91 Å². The molecule has 2 N–H and O–H groups in total. The van der Waals surface area contributed by atoms with Crippen LogP contribution in [0.2, 0.25) is 0 Å². The van der Waals surface area contributed by atoms with Gasteiger partial charge in [0.15, 0.2) is 0 Å². The van der Waals surface area contributed by atoms with E-state index < -0.39 is 0 Å². The fourth-order valence-corrected chi connectivity index (χ4v) is 1.96. The molecule has 16 heavy (non-hydrogen) atoms. The molecule has 1 rings (SSSR count). The first kappa shape index (κ1) is 13.5. The summed E-state index contributed by atoms with van der Waals surface area (Å²) in [6.07, 6.45) is 4.01. The number of carbonyl (C=O) groups excluding carboxylic acids is 1. The average molecular weight is 227 g/mol. The highest BCUT2D eigenvalue weighted by Crippen LogP contribution is 2.07. The third kappa shape index (κ3) is 5.47. The molecule has 0 bridgehead atoms. The minimum Gasteiger partial charge on any atom is -0.356 e. The topological polar surface area (TPSA) is 44.4 Å². The lowest BCUT2D eigenvalue weighted by molar-refractivity contribution is -0.121. The Bertz CT molecular complexity index is 200. The molecule has 1 saturated heterocycles. The normalized spacial score (nSPS) is 18.6. The minimum absolute atomic E-state index is 0.169. The smallest absolute Gasteiger partial charge is 0.221 e. The standard InChI is InChI=1S/C12H25N3O/c1-3-7-14-12(16)4-8-13-11-5-9-15(2)10-6-11/h11,13H,3-10H2,1-2H3,(H,14,16). The zero-order chi connectivity index (χ0) is 11.8. The van der Waals surface area contributed by atoms with Gasteiger partial charge in [0.25, 0.3) is 0 Å². The van der Waals surface area contributed by atoms with Crippen LogP contribution in [0, 0.1) is 0 Å². The van der Waals surface area contributed by atoms with Crippen LogP contribution < -0.4 is 10.6 Å². The summed E-state index contributed by atoms with van der Waals surface area (Å²) in [5.41, 5.74) is 0. The predicted octanol–water partition coefficient (Wildman–Crippen LogP) is 0.587. The van der Waals surface area contributed by atoms with Crippen molar-refractivity contribution in [1.29, 1.82) is 0 Å². The van der Waals surface area contributed by atoms with Crippen molar-refractivity contribution in [3.05, 3.63) is 0 Å². The third-order valence-electron chi connectivity index (χ3n) is 3.08. The van der Waals surface area contributed by atoms with E-state index in [0.29, 0.717) is 12.5 Å². The number of rotatable bonds is 6. The lowest BCUT2D eigenvalue weighted by atomic mass is 10.1. The van der Waals surface area contributed by atoms with Crippen molar-refractivity contribution in [1.82, 2.24) is 15.5 Å². The lowest BCUT2D eigenvalue weighted by Crippen LogP contribution is -2.42. The summed E-state index contributed by atoms with van der Waals surface area (Å²) in [6, 6.07) is 0.607. The Kier molecular flexibility index (Phi) is 6.42. The summed E-state index contributed by atoms with van der Waals surface area (Å²) >= 11 is 0. The first-order chi connectivity index (χ1) is 7.72. The van der Waals surface area contributed by atoms with Gasteiger partial charge in [-0.25, -0.2) is 0 Å². The molecule has 0 aliphatic carbocycles. The Hall–Kier alpha value is -0.610. The number of hydrogen-bond donors (Lipinski definition) is 2. The van der Waals surface area contributed by atoms with E-state index in [1.807, 2.05) is 0 Å². The van der Waals surface area contributed by atoms with Crippen LogP contribution in [0.4, 0.5) is 0 Å². The predicted molar refractivity (Wildman–Crippen MR) is 66.4 cm³/mol. The molecule has 0 saturated carbocycles. The minimum atomic E-state index is 0.169. The van der Waals surface area contributed by atoms with Gasteiger partial charge in [-0.1, -0.05) is 6.92 Å².